The maximum atomic E-state index is 13.6. The minimum atomic E-state index is -1.62. The number of β-lactam (4-membered cyclic amide) rings is 1. The molecule has 1 heterocycles. The van der Waals surface area contributed by atoms with E-state index in [-0.39, 0.29) is 12.3 Å². The molecule has 0 aromatic heterocycles. The van der Waals surface area contributed by atoms with Crippen molar-refractivity contribution >= 4 is 32.6 Å². The van der Waals surface area contributed by atoms with E-state index in [4.69, 9.17) is 13.9 Å². The number of carbonyl (C=O) groups excluding carboxylic acids is 3. The van der Waals surface area contributed by atoms with Crippen LogP contribution in [-0.2, 0) is 34.9 Å². The average Bonchev–Trinajstić information content (AvgIpc) is 2.73. The molecule has 0 aliphatic carbocycles. The van der Waals surface area contributed by atoms with E-state index in [1.54, 1.807) is 6.92 Å². The van der Waals surface area contributed by atoms with Crippen molar-refractivity contribution in [1.29, 1.82) is 0 Å². The van der Waals surface area contributed by atoms with E-state index in [9.17, 15) is 24.5 Å². The Kier molecular flexibility index (Phi) is 8.85. The summed E-state index contributed by atoms with van der Waals surface area (Å²) in [5.74, 6) is -2.56. The first-order chi connectivity index (χ1) is 16.5. The van der Waals surface area contributed by atoms with Gasteiger partial charge in [-0.3, -0.25) is 24.6 Å². The summed E-state index contributed by atoms with van der Waals surface area (Å²) >= 11 is 0. The first-order valence-electron chi connectivity index (χ1n) is 11.7. The predicted octanol–water partition coefficient (Wildman–Crippen LogP) is 3.74. The van der Waals surface area contributed by atoms with E-state index in [0.717, 1.165) is 0 Å². The lowest BCUT2D eigenvalue weighted by atomic mass is 9.65. The van der Waals surface area contributed by atoms with Gasteiger partial charge in [0.15, 0.2) is 21.3 Å². The van der Waals surface area contributed by atoms with Crippen molar-refractivity contribution in [3.8, 4) is 0 Å². The summed E-state index contributed by atoms with van der Waals surface area (Å²) in [6.07, 6.45) is -1.04. The van der Waals surface area contributed by atoms with Gasteiger partial charge in [0.2, 0.25) is 5.91 Å². The highest BCUT2D eigenvalue weighted by Gasteiger charge is 2.65. The second-order valence-corrected chi connectivity index (χ2v) is 12.9. The first kappa shape index (κ1) is 29.2. The molecule has 1 saturated heterocycles. The molecule has 1 aliphatic rings. The number of esters is 2. The molecule has 198 valence electrons. The van der Waals surface area contributed by atoms with E-state index in [0.29, 0.717) is 11.1 Å². The summed E-state index contributed by atoms with van der Waals surface area (Å²) in [7, 11) is -1.62. The van der Waals surface area contributed by atoms with Crippen LogP contribution in [-0.4, -0.2) is 54.6 Å². The van der Waals surface area contributed by atoms with Gasteiger partial charge in [-0.2, -0.15) is 0 Å². The molecule has 1 aliphatic heterocycles. The van der Waals surface area contributed by atoms with Crippen LogP contribution in [0.5, 0.6) is 0 Å². The van der Waals surface area contributed by atoms with Crippen molar-refractivity contribution in [2.24, 2.45) is 11.3 Å². The molecular weight excluding hydrogens is 484 g/mol. The topological polar surface area (TPSA) is 125 Å². The maximum Gasteiger partial charge on any atom is 0.333 e. The summed E-state index contributed by atoms with van der Waals surface area (Å²) in [5, 5.41) is 10.8. The molecule has 2 rings (SSSR count). The van der Waals surface area contributed by atoms with Crippen LogP contribution in [0.3, 0.4) is 0 Å². The predicted molar refractivity (Wildman–Crippen MR) is 135 cm³/mol. The number of rotatable bonds is 10. The molecule has 1 aromatic carbocycles. The second-order valence-electron chi connectivity index (χ2n) is 10.5. The number of nitro groups is 1. The molecule has 1 amide bonds. The second kappa shape index (κ2) is 10.9. The molecular formula is C25H36N2O8Si. The Labute approximate surface area is 213 Å². The Hall–Kier alpha value is -3.05. The normalized spacial score (nSPS) is 20.2. The van der Waals surface area contributed by atoms with Crippen LogP contribution in [0.4, 0.5) is 5.69 Å². The zero-order valence-electron chi connectivity index (χ0n) is 22.2. The Bertz CT molecular complexity index is 1030. The van der Waals surface area contributed by atoms with Crippen LogP contribution in [0.2, 0.25) is 13.1 Å². The van der Waals surface area contributed by atoms with E-state index >= 15 is 0 Å². The SMILES string of the molecule is C=C(C)[C@H](C(=O)OCc1ccc([N+](=O)[O-])cc1)N1C(=O)[C@H]([C@@](C)(O[SiH](C)C)C(C)(C)C)C1OC(C)=O. The molecule has 0 radical (unpaired) electrons. The summed E-state index contributed by atoms with van der Waals surface area (Å²) in [6, 6.07) is 4.40. The highest BCUT2D eigenvalue weighted by molar-refractivity contribution is 6.48. The zero-order valence-corrected chi connectivity index (χ0v) is 23.3. The summed E-state index contributed by atoms with van der Waals surface area (Å²) in [5.41, 5.74) is -0.647. The Morgan fingerprint density at radius 3 is 2.14 bits per heavy atom. The highest BCUT2D eigenvalue weighted by atomic mass is 28.3. The van der Waals surface area contributed by atoms with Crippen molar-refractivity contribution in [3.63, 3.8) is 0 Å². The maximum absolute atomic E-state index is 13.6. The number of ether oxygens (including phenoxy) is 2. The van der Waals surface area contributed by atoms with Crippen LogP contribution in [0.25, 0.3) is 0 Å². The molecule has 0 bridgehead atoms. The van der Waals surface area contributed by atoms with E-state index < -0.39 is 61.0 Å². The quantitative estimate of drug-likeness (QED) is 0.114. The fourth-order valence-corrected chi connectivity index (χ4v) is 5.75. The number of carbonyl (C=O) groups is 3. The van der Waals surface area contributed by atoms with Crippen molar-refractivity contribution in [2.45, 2.75) is 79.1 Å². The van der Waals surface area contributed by atoms with Crippen LogP contribution < -0.4 is 0 Å². The number of hydrogen-bond donors (Lipinski definition) is 0. The lowest BCUT2D eigenvalue weighted by Gasteiger charge is -2.58. The highest BCUT2D eigenvalue weighted by Crippen LogP contribution is 2.49. The third-order valence-corrected chi connectivity index (χ3v) is 7.39. The monoisotopic (exact) mass is 520 g/mol. The number of nitrogens with zero attached hydrogens (tertiary/aromatic N) is 2. The lowest BCUT2D eigenvalue weighted by Crippen LogP contribution is -2.75. The van der Waals surface area contributed by atoms with Crippen molar-refractivity contribution in [3.05, 3.63) is 52.1 Å². The lowest BCUT2D eigenvalue weighted by molar-refractivity contribution is -0.384. The van der Waals surface area contributed by atoms with Crippen LogP contribution in [0.1, 0.15) is 47.1 Å². The van der Waals surface area contributed by atoms with E-state index in [2.05, 4.69) is 6.58 Å². The molecule has 0 saturated carbocycles. The van der Waals surface area contributed by atoms with Crippen molar-refractivity contribution in [2.75, 3.05) is 0 Å². The fraction of sp³-hybridized carbons (Fsp3) is 0.560. The Balaban J connectivity index is 2.34. The smallest absolute Gasteiger partial charge is 0.333 e. The van der Waals surface area contributed by atoms with E-state index in [1.807, 2.05) is 40.8 Å². The van der Waals surface area contributed by atoms with Gasteiger partial charge in [-0.25, -0.2) is 4.79 Å². The average molecular weight is 521 g/mol. The van der Waals surface area contributed by atoms with Gasteiger partial charge in [0.1, 0.15) is 12.5 Å². The number of likely N-dealkylation sites (tertiary alicyclic amines) is 1. The first-order valence-corrected chi connectivity index (χ1v) is 14.5. The third-order valence-electron chi connectivity index (χ3n) is 6.43. The van der Waals surface area contributed by atoms with Crippen molar-refractivity contribution in [1.82, 2.24) is 4.90 Å². The van der Waals surface area contributed by atoms with Gasteiger partial charge >= 0.3 is 11.9 Å². The van der Waals surface area contributed by atoms with Gasteiger partial charge in [0.25, 0.3) is 5.69 Å². The van der Waals surface area contributed by atoms with Gasteiger partial charge in [-0.05, 0) is 55.6 Å². The van der Waals surface area contributed by atoms with Gasteiger partial charge in [-0.1, -0.05) is 27.4 Å². The summed E-state index contributed by atoms with van der Waals surface area (Å²) in [4.78, 5) is 50.3. The number of non-ortho nitro benzene ring substituents is 1. The minimum Gasteiger partial charge on any atom is -0.459 e. The molecule has 11 heteroatoms. The number of amides is 1. The molecule has 4 atom stereocenters. The zero-order chi connectivity index (χ0) is 27.6. The van der Waals surface area contributed by atoms with Gasteiger partial charge < -0.3 is 13.9 Å². The van der Waals surface area contributed by atoms with Crippen LogP contribution in [0.15, 0.2) is 36.4 Å². The largest absolute Gasteiger partial charge is 0.459 e. The standard InChI is InChI=1S/C25H36N2O8Si/c1-15(2)20(23(30)33-14-17-10-12-18(13-11-17)27(31)32)26-21(29)19(22(26)34-16(3)28)25(7,24(4,5)6)35-36(8)9/h10-13,19-20,22,36H,1,14H2,2-9H3/t19-,20+,22?,25+/m0/s1. The van der Waals surface area contributed by atoms with Crippen LogP contribution >= 0.6 is 0 Å². The van der Waals surface area contributed by atoms with E-state index in [1.165, 1.54) is 36.1 Å². The van der Waals surface area contributed by atoms with Gasteiger partial charge in [0, 0.05) is 19.1 Å². The molecule has 1 aromatic rings. The van der Waals surface area contributed by atoms with Gasteiger partial charge in [-0.15, -0.1) is 0 Å². The number of hydrogen-bond acceptors (Lipinski definition) is 8. The Morgan fingerprint density at radius 1 is 1.17 bits per heavy atom. The summed E-state index contributed by atoms with van der Waals surface area (Å²) < 4.78 is 17.4. The minimum absolute atomic E-state index is 0.0834. The molecule has 0 spiro atoms. The molecule has 0 N–H and O–H groups in total. The molecule has 10 nitrogen and oxygen atoms in total. The third kappa shape index (κ3) is 6.01. The van der Waals surface area contributed by atoms with Crippen molar-refractivity contribution < 1.29 is 33.2 Å². The number of benzene rings is 1. The molecule has 1 fully saturated rings. The Morgan fingerprint density at radius 2 is 1.72 bits per heavy atom. The summed E-state index contributed by atoms with van der Waals surface area (Å²) in [6.45, 7) is 18.2. The number of nitro benzene ring substituents is 1. The molecule has 1 unspecified atom stereocenters. The van der Waals surface area contributed by atoms with Crippen LogP contribution in [0, 0.1) is 21.4 Å². The molecule has 36 heavy (non-hydrogen) atoms. The van der Waals surface area contributed by atoms with Gasteiger partial charge in [0.05, 0.1) is 10.5 Å². The fourth-order valence-electron chi connectivity index (χ4n) is 4.27.